The van der Waals surface area contributed by atoms with Gasteiger partial charge in [-0.1, -0.05) is 30.3 Å². The quantitative estimate of drug-likeness (QED) is 0.864. The van der Waals surface area contributed by atoms with Gasteiger partial charge in [0.1, 0.15) is 0 Å². The Morgan fingerprint density at radius 1 is 0.958 bits per heavy atom. The lowest BCUT2D eigenvalue weighted by Crippen LogP contribution is -2.52. The van der Waals surface area contributed by atoms with Gasteiger partial charge in [0, 0.05) is 43.7 Å². The Hall–Kier alpha value is -2.07. The van der Waals surface area contributed by atoms with Crippen molar-refractivity contribution >= 4 is 5.91 Å². The zero-order valence-electron chi connectivity index (χ0n) is 14.0. The van der Waals surface area contributed by atoms with Crippen LogP contribution in [0.2, 0.25) is 0 Å². The van der Waals surface area contributed by atoms with E-state index in [1.807, 2.05) is 18.4 Å². The molecule has 126 valence electrons. The SMILES string of the molecule is O=C1CCC2(CCN(Cc3ccoc3)CC2)N1Cc1ccccc1. The first-order chi connectivity index (χ1) is 11.8. The number of rotatable bonds is 4. The van der Waals surface area contributed by atoms with E-state index in [1.54, 1.807) is 6.26 Å². The van der Waals surface area contributed by atoms with Gasteiger partial charge in [-0.2, -0.15) is 0 Å². The molecule has 2 aromatic rings. The van der Waals surface area contributed by atoms with Gasteiger partial charge in [0.15, 0.2) is 0 Å². The van der Waals surface area contributed by atoms with Gasteiger partial charge in [-0.05, 0) is 30.9 Å². The van der Waals surface area contributed by atoms with Crippen LogP contribution in [0.1, 0.15) is 36.8 Å². The van der Waals surface area contributed by atoms with Crippen LogP contribution in [0.15, 0.2) is 53.3 Å². The lowest BCUT2D eigenvalue weighted by Gasteiger charge is -2.45. The number of amides is 1. The van der Waals surface area contributed by atoms with Crippen LogP contribution in [0, 0.1) is 0 Å². The van der Waals surface area contributed by atoms with Crippen molar-refractivity contribution in [1.29, 1.82) is 0 Å². The number of hydrogen-bond donors (Lipinski definition) is 0. The Bertz CT molecular complexity index is 673. The number of piperidine rings is 1. The molecule has 2 saturated heterocycles. The second-order valence-corrected chi connectivity index (χ2v) is 7.10. The molecule has 1 amide bonds. The summed E-state index contributed by atoms with van der Waals surface area (Å²) in [5, 5.41) is 0. The van der Waals surface area contributed by atoms with Crippen molar-refractivity contribution in [1.82, 2.24) is 9.80 Å². The van der Waals surface area contributed by atoms with Gasteiger partial charge in [0.25, 0.3) is 0 Å². The van der Waals surface area contributed by atoms with Crippen molar-refractivity contribution in [2.75, 3.05) is 13.1 Å². The average molecular weight is 324 g/mol. The number of hydrogen-bond acceptors (Lipinski definition) is 3. The third kappa shape index (κ3) is 2.98. The molecule has 0 aliphatic carbocycles. The normalized spacial score (nSPS) is 20.8. The number of furan rings is 1. The van der Waals surface area contributed by atoms with E-state index in [-0.39, 0.29) is 5.54 Å². The standard InChI is InChI=1S/C20H24N2O2/c23-19-6-8-20(22(19)15-17-4-2-1-3-5-17)9-11-21(12-10-20)14-18-7-13-24-16-18/h1-5,7,13,16H,6,8-12,14-15H2. The maximum atomic E-state index is 12.5. The molecule has 0 saturated carbocycles. The Kier molecular flexibility index (Phi) is 4.15. The van der Waals surface area contributed by atoms with Crippen molar-refractivity contribution in [3.63, 3.8) is 0 Å². The summed E-state index contributed by atoms with van der Waals surface area (Å²) in [4.78, 5) is 17.1. The number of benzene rings is 1. The van der Waals surface area contributed by atoms with Gasteiger partial charge < -0.3 is 9.32 Å². The maximum absolute atomic E-state index is 12.5. The highest BCUT2D eigenvalue weighted by Crippen LogP contribution is 2.40. The highest BCUT2D eigenvalue weighted by Gasteiger charge is 2.46. The van der Waals surface area contributed by atoms with Gasteiger partial charge in [-0.15, -0.1) is 0 Å². The van der Waals surface area contributed by atoms with Gasteiger partial charge in [0.05, 0.1) is 12.5 Å². The maximum Gasteiger partial charge on any atom is 0.223 e. The Balaban J connectivity index is 1.43. The second-order valence-electron chi connectivity index (χ2n) is 7.10. The topological polar surface area (TPSA) is 36.7 Å². The van der Waals surface area contributed by atoms with E-state index in [1.165, 1.54) is 11.1 Å². The van der Waals surface area contributed by atoms with Gasteiger partial charge in [-0.25, -0.2) is 0 Å². The molecule has 4 rings (SSSR count). The lowest BCUT2D eigenvalue weighted by atomic mass is 9.84. The summed E-state index contributed by atoms with van der Waals surface area (Å²) in [6.45, 7) is 3.79. The van der Waals surface area contributed by atoms with Crippen LogP contribution in [-0.4, -0.2) is 34.3 Å². The molecular formula is C20H24N2O2. The molecule has 0 bridgehead atoms. The molecule has 1 spiro atoms. The fourth-order valence-corrected chi connectivity index (χ4v) is 4.18. The lowest BCUT2D eigenvalue weighted by molar-refractivity contribution is -0.133. The third-order valence-electron chi connectivity index (χ3n) is 5.63. The molecule has 1 aromatic carbocycles. The van der Waals surface area contributed by atoms with Crippen LogP contribution in [0.3, 0.4) is 0 Å². The molecule has 0 unspecified atom stereocenters. The summed E-state index contributed by atoms with van der Waals surface area (Å²) >= 11 is 0. The highest BCUT2D eigenvalue weighted by atomic mass is 16.3. The van der Waals surface area contributed by atoms with Crippen LogP contribution in [-0.2, 0) is 17.9 Å². The molecule has 2 aliphatic heterocycles. The van der Waals surface area contributed by atoms with Gasteiger partial charge in [0.2, 0.25) is 5.91 Å². The Morgan fingerprint density at radius 2 is 1.75 bits per heavy atom. The highest BCUT2D eigenvalue weighted by molar-refractivity contribution is 5.79. The Morgan fingerprint density at radius 3 is 2.46 bits per heavy atom. The van der Waals surface area contributed by atoms with E-state index in [0.29, 0.717) is 12.3 Å². The van der Waals surface area contributed by atoms with E-state index in [2.05, 4.69) is 34.1 Å². The monoisotopic (exact) mass is 324 g/mol. The minimum absolute atomic E-state index is 0.0693. The molecule has 4 heteroatoms. The van der Waals surface area contributed by atoms with Crippen LogP contribution >= 0.6 is 0 Å². The van der Waals surface area contributed by atoms with E-state index in [4.69, 9.17) is 4.42 Å². The minimum atomic E-state index is 0.0693. The summed E-state index contributed by atoms with van der Waals surface area (Å²) in [6.07, 6.45) is 7.42. The van der Waals surface area contributed by atoms with Crippen molar-refractivity contribution in [3.8, 4) is 0 Å². The van der Waals surface area contributed by atoms with Crippen molar-refractivity contribution in [2.24, 2.45) is 0 Å². The molecule has 2 aliphatic rings. The van der Waals surface area contributed by atoms with Crippen molar-refractivity contribution < 1.29 is 9.21 Å². The fraction of sp³-hybridized carbons (Fsp3) is 0.450. The number of carbonyl (C=O) groups is 1. The molecule has 4 nitrogen and oxygen atoms in total. The molecule has 0 atom stereocenters. The van der Waals surface area contributed by atoms with Crippen LogP contribution < -0.4 is 0 Å². The van der Waals surface area contributed by atoms with Gasteiger partial charge >= 0.3 is 0 Å². The van der Waals surface area contributed by atoms with Crippen molar-refractivity contribution in [2.45, 2.75) is 44.3 Å². The predicted molar refractivity (Wildman–Crippen MR) is 92.2 cm³/mol. The fourth-order valence-electron chi connectivity index (χ4n) is 4.18. The van der Waals surface area contributed by atoms with Crippen molar-refractivity contribution in [3.05, 3.63) is 60.1 Å². The molecular weight excluding hydrogens is 300 g/mol. The minimum Gasteiger partial charge on any atom is -0.472 e. The van der Waals surface area contributed by atoms with E-state index in [9.17, 15) is 4.79 Å². The molecule has 24 heavy (non-hydrogen) atoms. The number of likely N-dealkylation sites (tertiary alicyclic amines) is 2. The zero-order chi connectivity index (χ0) is 16.4. The largest absolute Gasteiger partial charge is 0.472 e. The summed E-state index contributed by atoms with van der Waals surface area (Å²) in [5.74, 6) is 0.321. The molecule has 0 N–H and O–H groups in total. The van der Waals surface area contributed by atoms with E-state index < -0.39 is 0 Å². The summed E-state index contributed by atoms with van der Waals surface area (Å²) in [6, 6.07) is 12.4. The van der Waals surface area contributed by atoms with E-state index in [0.717, 1.165) is 45.4 Å². The van der Waals surface area contributed by atoms with Crippen LogP contribution in [0.5, 0.6) is 0 Å². The van der Waals surface area contributed by atoms with Crippen LogP contribution in [0.25, 0.3) is 0 Å². The average Bonchev–Trinajstić information content (AvgIpc) is 3.22. The molecule has 1 aromatic heterocycles. The molecule has 3 heterocycles. The smallest absolute Gasteiger partial charge is 0.223 e. The first-order valence-corrected chi connectivity index (χ1v) is 8.83. The molecule has 2 fully saturated rings. The summed E-state index contributed by atoms with van der Waals surface area (Å²) in [7, 11) is 0. The van der Waals surface area contributed by atoms with E-state index >= 15 is 0 Å². The summed E-state index contributed by atoms with van der Waals surface area (Å²) < 4.78 is 5.17. The number of nitrogens with zero attached hydrogens (tertiary/aromatic N) is 2. The first kappa shape index (κ1) is 15.5. The predicted octanol–water partition coefficient (Wildman–Crippen LogP) is 3.44. The van der Waals surface area contributed by atoms with Crippen LogP contribution in [0.4, 0.5) is 0 Å². The summed E-state index contributed by atoms with van der Waals surface area (Å²) in [5.41, 5.74) is 2.53. The Labute approximate surface area is 143 Å². The first-order valence-electron chi connectivity index (χ1n) is 8.83. The molecule has 0 radical (unpaired) electrons. The third-order valence-corrected chi connectivity index (χ3v) is 5.63. The second kappa shape index (κ2) is 6.44. The van der Waals surface area contributed by atoms with Gasteiger partial charge in [-0.3, -0.25) is 9.69 Å². The zero-order valence-corrected chi connectivity index (χ0v) is 14.0. The number of carbonyl (C=O) groups excluding carboxylic acids is 1.